The Morgan fingerprint density at radius 1 is 1.14 bits per heavy atom. The number of ether oxygens (including phenoxy) is 1. The second-order valence-electron chi connectivity index (χ2n) is 11.8. The van der Waals surface area contributed by atoms with E-state index in [-0.39, 0.29) is 17.7 Å². The Labute approximate surface area is 245 Å². The van der Waals surface area contributed by atoms with Crippen LogP contribution in [-0.2, 0) is 14.6 Å². The van der Waals surface area contributed by atoms with Gasteiger partial charge >= 0.3 is 6.09 Å². The Morgan fingerprint density at radius 2 is 1.90 bits per heavy atom. The van der Waals surface area contributed by atoms with Crippen molar-refractivity contribution in [3.63, 3.8) is 0 Å². The van der Waals surface area contributed by atoms with Gasteiger partial charge in [0.05, 0.1) is 17.5 Å². The number of allylic oxidation sites excluding steroid dienone is 1. The number of rotatable bonds is 7. The van der Waals surface area contributed by atoms with Crippen LogP contribution in [0.3, 0.4) is 0 Å². The average molecular weight is 590 g/mol. The monoisotopic (exact) mass is 589 g/mol. The van der Waals surface area contributed by atoms with Crippen molar-refractivity contribution < 1.29 is 17.9 Å². The summed E-state index contributed by atoms with van der Waals surface area (Å²) in [5.41, 5.74) is 2.84. The lowest BCUT2D eigenvalue weighted by Gasteiger charge is -2.48. The molecule has 1 aliphatic rings. The highest BCUT2D eigenvalue weighted by atomic mass is 32.2. The lowest BCUT2D eigenvalue weighted by atomic mass is 9.89. The molecule has 5 rings (SSSR count). The van der Waals surface area contributed by atoms with Crippen molar-refractivity contribution in [2.24, 2.45) is 5.92 Å². The van der Waals surface area contributed by atoms with Crippen molar-refractivity contribution >= 4 is 49.6 Å². The normalized spacial score (nSPS) is 17.1. The quantitative estimate of drug-likeness (QED) is 0.302. The number of nitrogens with zero attached hydrogens (tertiary/aromatic N) is 6. The number of sulfone groups is 1. The standard InChI is InChI=1S/C30H35N7O4S/c1-18(2)22-8-9-25(36-15-21(19(36)3)17-42(7,39)40)24-14-32-27(12-23(22)24)34-26-10-11-31-28(35-26)20-13-33-37(16-20)29(38)41-30(4,5)6/h8-14,16,19,21H,1,15,17H2,2-7H3,(H,31,32,34,35)/t19-,21-/m1/s1. The van der Waals surface area contributed by atoms with Crippen LogP contribution < -0.4 is 10.2 Å². The molecule has 11 nitrogen and oxygen atoms in total. The lowest BCUT2D eigenvalue weighted by Crippen LogP contribution is -2.57. The van der Waals surface area contributed by atoms with Crippen LogP contribution in [-0.4, -0.2) is 69.4 Å². The SMILES string of the molecule is C=C(C)c1ccc(N2C[C@H](CS(C)(=O)=O)[C@H]2C)c2cnc(Nc3ccnc(-c4cnn(C(=O)OC(C)(C)C)c4)n3)cc12. The first-order valence-corrected chi connectivity index (χ1v) is 15.7. The molecule has 1 aliphatic heterocycles. The summed E-state index contributed by atoms with van der Waals surface area (Å²) in [6.07, 6.45) is 7.17. The number of pyridine rings is 1. The molecule has 0 radical (unpaired) electrons. The highest BCUT2D eigenvalue weighted by molar-refractivity contribution is 7.90. The zero-order chi connectivity index (χ0) is 30.4. The van der Waals surface area contributed by atoms with E-state index >= 15 is 0 Å². The molecule has 3 aromatic heterocycles. The number of anilines is 3. The number of carbonyl (C=O) groups is 1. The van der Waals surface area contributed by atoms with Crippen LogP contribution in [0.2, 0.25) is 0 Å². The van der Waals surface area contributed by atoms with E-state index in [2.05, 4.69) is 49.8 Å². The second kappa shape index (κ2) is 10.8. The molecule has 1 fully saturated rings. The largest absolute Gasteiger partial charge is 0.442 e. The van der Waals surface area contributed by atoms with Gasteiger partial charge in [-0.05, 0) is 63.8 Å². The van der Waals surface area contributed by atoms with Crippen LogP contribution in [0.5, 0.6) is 0 Å². The van der Waals surface area contributed by atoms with E-state index in [4.69, 9.17) is 4.74 Å². The van der Waals surface area contributed by atoms with Gasteiger partial charge in [-0.15, -0.1) is 0 Å². The summed E-state index contributed by atoms with van der Waals surface area (Å²) in [4.78, 5) is 28.2. The number of carbonyl (C=O) groups excluding carboxylic acids is 1. The molecule has 0 aliphatic carbocycles. The molecule has 0 unspecified atom stereocenters. The van der Waals surface area contributed by atoms with Gasteiger partial charge in [-0.25, -0.2) is 28.2 Å². The van der Waals surface area contributed by atoms with Crippen molar-refractivity contribution in [1.29, 1.82) is 0 Å². The molecular weight excluding hydrogens is 554 g/mol. The van der Waals surface area contributed by atoms with Gasteiger partial charge in [0.15, 0.2) is 5.82 Å². The molecule has 12 heteroatoms. The van der Waals surface area contributed by atoms with Crippen LogP contribution in [0, 0.1) is 5.92 Å². The summed E-state index contributed by atoms with van der Waals surface area (Å²) >= 11 is 0. The number of aromatic nitrogens is 5. The van der Waals surface area contributed by atoms with Crippen molar-refractivity contribution in [2.75, 3.05) is 28.8 Å². The fraction of sp³-hybridized carbons (Fsp3) is 0.367. The van der Waals surface area contributed by atoms with E-state index in [1.807, 2.05) is 25.3 Å². The van der Waals surface area contributed by atoms with Crippen LogP contribution in [0.1, 0.15) is 40.2 Å². The Kier molecular flexibility index (Phi) is 7.52. The van der Waals surface area contributed by atoms with Crippen molar-refractivity contribution in [3.8, 4) is 11.4 Å². The highest BCUT2D eigenvalue weighted by Gasteiger charge is 2.38. The lowest BCUT2D eigenvalue weighted by molar-refractivity contribution is 0.0514. The molecule has 220 valence electrons. The van der Waals surface area contributed by atoms with Gasteiger partial charge in [0.1, 0.15) is 27.1 Å². The van der Waals surface area contributed by atoms with E-state index in [0.717, 1.165) is 32.3 Å². The predicted molar refractivity (Wildman–Crippen MR) is 165 cm³/mol. The molecule has 1 saturated heterocycles. The summed E-state index contributed by atoms with van der Waals surface area (Å²) in [6, 6.07) is 7.89. The fourth-order valence-electron chi connectivity index (χ4n) is 5.05. The summed E-state index contributed by atoms with van der Waals surface area (Å²) in [5, 5.41) is 9.30. The van der Waals surface area contributed by atoms with Crippen LogP contribution in [0.25, 0.3) is 27.7 Å². The maximum absolute atomic E-state index is 12.4. The first kappa shape index (κ1) is 29.2. The smallest absolute Gasteiger partial charge is 0.435 e. The second-order valence-corrected chi connectivity index (χ2v) is 14.0. The third-order valence-electron chi connectivity index (χ3n) is 7.10. The Hall–Kier alpha value is -4.32. The van der Waals surface area contributed by atoms with Crippen LogP contribution >= 0.6 is 0 Å². The van der Waals surface area contributed by atoms with Gasteiger partial charge in [-0.1, -0.05) is 18.2 Å². The molecule has 0 bridgehead atoms. The summed E-state index contributed by atoms with van der Waals surface area (Å²) in [7, 11) is -3.04. The van der Waals surface area contributed by atoms with Gasteiger partial charge in [-0.3, -0.25) is 0 Å². The Morgan fingerprint density at radius 3 is 2.57 bits per heavy atom. The third-order valence-corrected chi connectivity index (χ3v) is 8.14. The first-order valence-electron chi connectivity index (χ1n) is 13.6. The van der Waals surface area contributed by atoms with E-state index in [9.17, 15) is 13.2 Å². The van der Waals surface area contributed by atoms with Crippen LogP contribution in [0.4, 0.5) is 22.1 Å². The molecule has 0 spiro atoms. The van der Waals surface area contributed by atoms with E-state index in [0.29, 0.717) is 29.6 Å². The Balaban J connectivity index is 1.40. The summed E-state index contributed by atoms with van der Waals surface area (Å²) in [6.45, 7) is 14.2. The summed E-state index contributed by atoms with van der Waals surface area (Å²) in [5.74, 6) is 1.76. The van der Waals surface area contributed by atoms with Gasteiger partial charge < -0.3 is 15.0 Å². The molecule has 1 aromatic carbocycles. The molecule has 2 atom stereocenters. The maximum Gasteiger partial charge on any atom is 0.435 e. The molecule has 42 heavy (non-hydrogen) atoms. The molecule has 0 saturated carbocycles. The van der Waals surface area contributed by atoms with E-state index in [1.54, 1.807) is 33.0 Å². The zero-order valence-electron chi connectivity index (χ0n) is 24.6. The van der Waals surface area contributed by atoms with Crippen molar-refractivity contribution in [3.05, 3.63) is 61.2 Å². The van der Waals surface area contributed by atoms with E-state index < -0.39 is 21.5 Å². The fourth-order valence-corrected chi connectivity index (χ4v) is 6.21. The van der Waals surface area contributed by atoms with Gasteiger partial charge in [-0.2, -0.15) is 9.78 Å². The van der Waals surface area contributed by atoms with Crippen molar-refractivity contribution in [2.45, 2.75) is 46.3 Å². The third kappa shape index (κ3) is 6.28. The minimum absolute atomic E-state index is 0.0907. The molecular formula is C30H35N7O4S. The number of benzene rings is 1. The first-order chi connectivity index (χ1) is 19.7. The minimum Gasteiger partial charge on any atom is -0.442 e. The Bertz CT molecular complexity index is 1790. The molecule has 4 heterocycles. The van der Waals surface area contributed by atoms with E-state index in [1.165, 1.54) is 18.6 Å². The summed E-state index contributed by atoms with van der Waals surface area (Å²) < 4.78 is 30.2. The molecule has 0 amide bonds. The number of hydrogen-bond acceptors (Lipinski definition) is 10. The average Bonchev–Trinajstić information content (AvgIpc) is 3.40. The van der Waals surface area contributed by atoms with Gasteiger partial charge in [0.25, 0.3) is 0 Å². The predicted octanol–water partition coefficient (Wildman–Crippen LogP) is 5.32. The van der Waals surface area contributed by atoms with Crippen molar-refractivity contribution in [1.82, 2.24) is 24.7 Å². The maximum atomic E-state index is 12.4. The number of fused-ring (bicyclic) bond motifs is 1. The number of hydrogen-bond donors (Lipinski definition) is 1. The molecule has 4 aromatic rings. The number of nitrogens with one attached hydrogen (secondary N) is 1. The zero-order valence-corrected chi connectivity index (χ0v) is 25.4. The van der Waals surface area contributed by atoms with Gasteiger partial charge in [0.2, 0.25) is 0 Å². The highest BCUT2D eigenvalue weighted by Crippen LogP contribution is 2.39. The van der Waals surface area contributed by atoms with Crippen LogP contribution in [0.15, 0.2) is 55.6 Å². The topological polar surface area (TPSA) is 132 Å². The minimum atomic E-state index is -3.04. The molecule has 1 N–H and O–H groups in total. The van der Waals surface area contributed by atoms with Gasteiger partial charge in [0, 0.05) is 54.4 Å².